The molecule has 144 valence electrons. The molecule has 0 N–H and O–H groups in total. The second kappa shape index (κ2) is 9.27. The van der Waals surface area contributed by atoms with Crippen molar-refractivity contribution in [1.29, 1.82) is 0 Å². The van der Waals surface area contributed by atoms with E-state index in [9.17, 15) is 18.0 Å². The number of aryl methyl sites for hydroxylation is 1. The molecule has 1 amide bonds. The molecule has 7 nitrogen and oxygen atoms in total. The van der Waals surface area contributed by atoms with Gasteiger partial charge in [0.25, 0.3) is 5.91 Å². The van der Waals surface area contributed by atoms with Crippen LogP contribution in [0.15, 0.2) is 11.5 Å². The van der Waals surface area contributed by atoms with E-state index in [1.807, 2.05) is 19.2 Å². The van der Waals surface area contributed by atoms with Crippen LogP contribution < -0.4 is 0 Å². The first-order valence-electron chi connectivity index (χ1n) is 8.57. The van der Waals surface area contributed by atoms with Gasteiger partial charge in [0, 0.05) is 24.0 Å². The first-order chi connectivity index (χ1) is 12.3. The zero-order chi connectivity index (χ0) is 19.2. The fraction of sp³-hybridized carbons (Fsp3) is 0.588. The smallest absolute Gasteiger partial charge is 0.331 e. The zero-order valence-corrected chi connectivity index (χ0v) is 16.6. The molecule has 1 saturated heterocycles. The summed E-state index contributed by atoms with van der Waals surface area (Å²) in [5.41, 5.74) is 0.663. The number of esters is 1. The molecule has 0 aliphatic carbocycles. The lowest BCUT2D eigenvalue weighted by Crippen LogP contribution is -2.43. The molecule has 0 spiro atoms. The van der Waals surface area contributed by atoms with Crippen LogP contribution in [0, 0.1) is 6.92 Å². The average molecular weight is 401 g/mol. The van der Waals surface area contributed by atoms with Crippen LogP contribution in [-0.4, -0.2) is 60.9 Å². The van der Waals surface area contributed by atoms with Gasteiger partial charge in [0.1, 0.15) is 0 Å². The van der Waals surface area contributed by atoms with Gasteiger partial charge in [-0.2, -0.15) is 0 Å². The van der Waals surface area contributed by atoms with Gasteiger partial charge in [-0.25, -0.2) is 18.2 Å². The third-order valence-corrected chi connectivity index (χ3v) is 6.63. The van der Waals surface area contributed by atoms with Crippen LogP contribution in [-0.2, 0) is 24.2 Å². The standard InChI is InChI=1S/C17H24N2O5S2/c1-3-4-8-19(15-7-9-26(22,23)12-15)16(20)10-24-17(21)6-5-14-11-25-13(2)18-14/h5-6,11,15H,3-4,7-10,12H2,1-2H3/b6-5+. The van der Waals surface area contributed by atoms with Crippen LogP contribution in [0.25, 0.3) is 6.08 Å². The molecule has 1 aliphatic heterocycles. The summed E-state index contributed by atoms with van der Waals surface area (Å²) in [6, 6.07) is -0.328. The molecule has 26 heavy (non-hydrogen) atoms. The Morgan fingerprint density at radius 2 is 2.23 bits per heavy atom. The van der Waals surface area contributed by atoms with E-state index < -0.39 is 15.8 Å². The number of nitrogens with zero attached hydrogens (tertiary/aromatic N) is 2. The minimum atomic E-state index is -3.09. The molecule has 0 saturated carbocycles. The maximum atomic E-state index is 12.4. The summed E-state index contributed by atoms with van der Waals surface area (Å²) in [6.45, 7) is 3.95. The van der Waals surface area contributed by atoms with Crippen molar-refractivity contribution in [2.24, 2.45) is 0 Å². The number of hydrogen-bond donors (Lipinski definition) is 0. The second-order valence-electron chi connectivity index (χ2n) is 6.23. The second-order valence-corrected chi connectivity index (χ2v) is 9.52. The minimum absolute atomic E-state index is 0.0144. The van der Waals surface area contributed by atoms with E-state index in [-0.39, 0.29) is 30.1 Å². The van der Waals surface area contributed by atoms with Crippen LogP contribution in [0.5, 0.6) is 0 Å². The topological polar surface area (TPSA) is 93.6 Å². The number of aromatic nitrogens is 1. The highest BCUT2D eigenvalue weighted by Gasteiger charge is 2.34. The number of unbranched alkanes of at least 4 members (excludes halogenated alkanes) is 1. The predicted octanol–water partition coefficient (Wildman–Crippen LogP) is 1.82. The van der Waals surface area contributed by atoms with Gasteiger partial charge in [-0.1, -0.05) is 13.3 Å². The highest BCUT2D eigenvalue weighted by Crippen LogP contribution is 2.19. The predicted molar refractivity (Wildman–Crippen MR) is 101 cm³/mol. The van der Waals surface area contributed by atoms with Gasteiger partial charge in [-0.05, 0) is 25.8 Å². The molecule has 9 heteroatoms. The van der Waals surface area contributed by atoms with Gasteiger partial charge in [-0.3, -0.25) is 4.79 Å². The van der Waals surface area contributed by atoms with Crippen molar-refractivity contribution in [2.75, 3.05) is 24.7 Å². The first kappa shape index (κ1) is 20.6. The van der Waals surface area contributed by atoms with E-state index >= 15 is 0 Å². The lowest BCUT2D eigenvalue weighted by atomic mass is 10.2. The molecule has 2 heterocycles. The Kier molecular flexibility index (Phi) is 7.33. The van der Waals surface area contributed by atoms with E-state index in [4.69, 9.17) is 4.74 Å². The number of hydrogen-bond acceptors (Lipinski definition) is 7. The quantitative estimate of drug-likeness (QED) is 0.488. The summed E-state index contributed by atoms with van der Waals surface area (Å²) in [5.74, 6) is -0.895. The average Bonchev–Trinajstić information content (AvgIpc) is 3.16. The summed E-state index contributed by atoms with van der Waals surface area (Å²) in [4.78, 5) is 30.0. The summed E-state index contributed by atoms with van der Waals surface area (Å²) in [6.07, 6.45) is 4.87. The highest BCUT2D eigenvalue weighted by atomic mass is 32.2. The Balaban J connectivity index is 1.89. The Bertz CT molecular complexity index is 770. The number of rotatable bonds is 8. The van der Waals surface area contributed by atoms with Gasteiger partial charge in [-0.15, -0.1) is 11.3 Å². The molecular formula is C17H24N2O5S2. The van der Waals surface area contributed by atoms with Crippen LogP contribution in [0.1, 0.15) is 36.9 Å². The highest BCUT2D eigenvalue weighted by molar-refractivity contribution is 7.91. The molecule has 2 rings (SSSR count). The molecule has 0 radical (unpaired) electrons. The number of amides is 1. The maximum Gasteiger partial charge on any atom is 0.331 e. The number of carbonyl (C=O) groups is 2. The summed E-state index contributed by atoms with van der Waals surface area (Å²) < 4.78 is 28.4. The van der Waals surface area contributed by atoms with Gasteiger partial charge < -0.3 is 9.64 Å². The van der Waals surface area contributed by atoms with Crippen LogP contribution >= 0.6 is 11.3 Å². The molecule has 1 fully saturated rings. The van der Waals surface area contributed by atoms with E-state index in [2.05, 4.69) is 4.98 Å². The van der Waals surface area contributed by atoms with Crippen molar-refractivity contribution in [2.45, 2.75) is 39.2 Å². The van der Waals surface area contributed by atoms with Gasteiger partial charge >= 0.3 is 5.97 Å². The molecule has 0 bridgehead atoms. The Labute approximate surface area is 158 Å². The molecule has 1 atom stereocenters. The fourth-order valence-corrected chi connectivity index (χ4v) is 5.05. The van der Waals surface area contributed by atoms with E-state index in [1.54, 1.807) is 4.90 Å². The number of sulfone groups is 1. The SMILES string of the molecule is CCCCN(C(=O)COC(=O)/C=C/c1csc(C)n1)C1CCS(=O)(=O)C1. The monoisotopic (exact) mass is 400 g/mol. The molecule has 1 unspecified atom stereocenters. The maximum absolute atomic E-state index is 12.4. The fourth-order valence-electron chi connectivity index (χ4n) is 2.73. The number of carbonyl (C=O) groups excluding carboxylic acids is 2. The van der Waals surface area contributed by atoms with Crippen LogP contribution in [0.3, 0.4) is 0 Å². The lowest BCUT2D eigenvalue weighted by molar-refractivity contribution is -0.149. The normalized spacial score (nSPS) is 18.9. The zero-order valence-electron chi connectivity index (χ0n) is 15.0. The molecular weight excluding hydrogens is 376 g/mol. The van der Waals surface area contributed by atoms with E-state index in [1.165, 1.54) is 23.5 Å². The van der Waals surface area contributed by atoms with Crippen molar-refractivity contribution >= 4 is 39.1 Å². The van der Waals surface area contributed by atoms with Crippen molar-refractivity contribution < 1.29 is 22.7 Å². The summed E-state index contributed by atoms with van der Waals surface area (Å²) in [5, 5.41) is 2.71. The van der Waals surface area contributed by atoms with Crippen molar-refractivity contribution in [3.63, 3.8) is 0 Å². The van der Waals surface area contributed by atoms with Crippen molar-refractivity contribution in [1.82, 2.24) is 9.88 Å². The third-order valence-electron chi connectivity index (χ3n) is 4.09. The largest absolute Gasteiger partial charge is 0.452 e. The molecule has 0 aromatic carbocycles. The lowest BCUT2D eigenvalue weighted by Gasteiger charge is -2.28. The Morgan fingerprint density at radius 3 is 2.81 bits per heavy atom. The van der Waals surface area contributed by atoms with Crippen molar-refractivity contribution in [3.8, 4) is 0 Å². The van der Waals surface area contributed by atoms with Gasteiger partial charge in [0.2, 0.25) is 0 Å². The van der Waals surface area contributed by atoms with E-state index in [0.717, 1.165) is 17.8 Å². The molecule has 1 aliphatic rings. The first-order valence-corrected chi connectivity index (χ1v) is 11.3. The number of ether oxygens (including phenoxy) is 1. The van der Waals surface area contributed by atoms with Gasteiger partial charge in [0.05, 0.1) is 22.2 Å². The van der Waals surface area contributed by atoms with Crippen molar-refractivity contribution in [3.05, 3.63) is 22.2 Å². The number of thiazole rings is 1. The van der Waals surface area contributed by atoms with E-state index in [0.29, 0.717) is 18.7 Å². The minimum Gasteiger partial charge on any atom is -0.452 e. The molecule has 1 aromatic heterocycles. The third kappa shape index (κ3) is 6.21. The summed E-state index contributed by atoms with van der Waals surface area (Å²) in [7, 11) is -3.09. The van der Waals surface area contributed by atoms with Crippen LogP contribution in [0.2, 0.25) is 0 Å². The van der Waals surface area contributed by atoms with Gasteiger partial charge in [0.15, 0.2) is 16.4 Å². The Hall–Kier alpha value is -1.74. The Morgan fingerprint density at radius 1 is 1.46 bits per heavy atom. The summed E-state index contributed by atoms with van der Waals surface area (Å²) >= 11 is 1.48. The molecule has 1 aromatic rings. The van der Waals surface area contributed by atoms with Crippen LogP contribution in [0.4, 0.5) is 0 Å².